The van der Waals surface area contributed by atoms with Crippen LogP contribution in [0.25, 0.3) is 0 Å². The minimum Gasteiger partial charge on any atom is -0.493 e. The first kappa shape index (κ1) is 23.2. The lowest BCUT2D eigenvalue weighted by Gasteiger charge is -2.28. The topological polar surface area (TPSA) is 82.5 Å². The molecule has 7 nitrogen and oxygen atoms in total. The number of hydrogen-bond acceptors (Lipinski definition) is 6. The molecule has 1 aliphatic rings. The SMILES string of the molecule is CCOc1cc(C2CC(=O)Nc3c2c(=O)nc(SCc2ccccc2Cl)n3C)ccc1OC. The fraction of sp³-hybridized carbons (Fsp3) is 0.292. The highest BCUT2D eigenvalue weighted by Crippen LogP contribution is 2.39. The molecule has 2 heterocycles. The van der Waals surface area contributed by atoms with Crippen molar-refractivity contribution in [2.45, 2.75) is 30.2 Å². The molecule has 4 rings (SSSR count). The lowest BCUT2D eigenvalue weighted by Crippen LogP contribution is -2.33. The molecule has 2 aromatic carbocycles. The Morgan fingerprint density at radius 1 is 1.21 bits per heavy atom. The van der Waals surface area contributed by atoms with E-state index in [0.29, 0.717) is 45.4 Å². The average Bonchev–Trinajstić information content (AvgIpc) is 2.81. The van der Waals surface area contributed by atoms with Crippen LogP contribution in [-0.2, 0) is 17.6 Å². The van der Waals surface area contributed by atoms with Crippen molar-refractivity contribution in [1.29, 1.82) is 0 Å². The second-order valence-electron chi connectivity index (χ2n) is 7.55. The van der Waals surface area contributed by atoms with Crippen molar-refractivity contribution < 1.29 is 14.3 Å². The fourth-order valence-corrected chi connectivity index (χ4v) is 5.14. The van der Waals surface area contributed by atoms with Crippen LogP contribution >= 0.6 is 23.4 Å². The van der Waals surface area contributed by atoms with Crippen molar-refractivity contribution in [3.05, 3.63) is 74.5 Å². The normalized spacial score (nSPS) is 15.0. The van der Waals surface area contributed by atoms with Gasteiger partial charge in [-0.25, -0.2) is 0 Å². The molecule has 1 atom stereocenters. The molecule has 1 amide bonds. The van der Waals surface area contributed by atoms with Gasteiger partial charge in [0.25, 0.3) is 5.56 Å². The van der Waals surface area contributed by atoms with E-state index in [1.807, 2.05) is 43.3 Å². The number of carbonyl (C=O) groups excluding carboxylic acids is 1. The molecule has 33 heavy (non-hydrogen) atoms. The number of carbonyl (C=O) groups is 1. The number of hydrogen-bond donors (Lipinski definition) is 1. The van der Waals surface area contributed by atoms with Gasteiger partial charge in [-0.1, -0.05) is 47.6 Å². The Morgan fingerprint density at radius 2 is 2.00 bits per heavy atom. The summed E-state index contributed by atoms with van der Waals surface area (Å²) in [7, 11) is 3.37. The summed E-state index contributed by atoms with van der Waals surface area (Å²) in [6, 6.07) is 13.0. The summed E-state index contributed by atoms with van der Waals surface area (Å²) in [6.07, 6.45) is 0.147. The van der Waals surface area contributed by atoms with Gasteiger partial charge < -0.3 is 19.4 Å². The highest BCUT2D eigenvalue weighted by atomic mass is 35.5. The van der Waals surface area contributed by atoms with Gasteiger partial charge >= 0.3 is 0 Å². The minimum absolute atomic E-state index is 0.147. The van der Waals surface area contributed by atoms with Gasteiger partial charge in [-0.2, -0.15) is 4.98 Å². The van der Waals surface area contributed by atoms with Crippen LogP contribution in [-0.4, -0.2) is 29.2 Å². The quantitative estimate of drug-likeness (QED) is 0.389. The number of methoxy groups -OCH3 is 1. The van der Waals surface area contributed by atoms with E-state index in [2.05, 4.69) is 10.3 Å². The van der Waals surface area contributed by atoms with E-state index in [0.717, 1.165) is 11.1 Å². The predicted molar refractivity (Wildman–Crippen MR) is 130 cm³/mol. The van der Waals surface area contributed by atoms with Crippen molar-refractivity contribution in [2.75, 3.05) is 19.0 Å². The van der Waals surface area contributed by atoms with Crippen LogP contribution in [0.1, 0.15) is 36.0 Å². The van der Waals surface area contributed by atoms with E-state index in [1.54, 1.807) is 24.8 Å². The Hall–Kier alpha value is -2.97. The van der Waals surface area contributed by atoms with Gasteiger partial charge in [0.05, 0.1) is 19.3 Å². The van der Waals surface area contributed by atoms with Crippen LogP contribution in [0.5, 0.6) is 11.5 Å². The summed E-state index contributed by atoms with van der Waals surface area (Å²) in [5.41, 5.74) is 1.85. The monoisotopic (exact) mass is 485 g/mol. The molecular formula is C24H24ClN3O4S. The molecule has 1 N–H and O–H groups in total. The maximum Gasteiger partial charge on any atom is 0.279 e. The second-order valence-corrected chi connectivity index (χ2v) is 8.90. The first-order valence-corrected chi connectivity index (χ1v) is 11.9. The summed E-state index contributed by atoms with van der Waals surface area (Å²) in [4.78, 5) is 30.1. The molecule has 9 heteroatoms. The maximum atomic E-state index is 13.2. The lowest BCUT2D eigenvalue weighted by atomic mass is 9.86. The molecular weight excluding hydrogens is 462 g/mol. The van der Waals surface area contributed by atoms with E-state index >= 15 is 0 Å². The Kier molecular flexibility index (Phi) is 6.95. The molecule has 0 spiro atoms. The zero-order valence-corrected chi connectivity index (χ0v) is 20.1. The smallest absolute Gasteiger partial charge is 0.279 e. The fourth-order valence-electron chi connectivity index (χ4n) is 3.89. The summed E-state index contributed by atoms with van der Waals surface area (Å²) >= 11 is 7.65. The zero-order chi connectivity index (χ0) is 23.5. The molecule has 0 saturated carbocycles. The molecule has 0 fully saturated rings. The third-order valence-corrected chi connectivity index (χ3v) is 6.95. The standard InChI is InChI=1S/C24H24ClN3O4S/c1-4-32-19-11-14(9-10-18(19)31-3)16-12-20(29)26-22-21(16)23(30)27-24(28(22)2)33-13-15-7-5-6-8-17(15)25/h5-11,16H,4,12-13H2,1-3H3,(H,26,29). The molecule has 172 valence electrons. The average molecular weight is 486 g/mol. The molecule has 1 aromatic heterocycles. The van der Waals surface area contributed by atoms with Gasteiger partial charge in [0, 0.05) is 30.2 Å². The van der Waals surface area contributed by atoms with Gasteiger partial charge in [-0.3, -0.25) is 9.59 Å². The number of anilines is 1. The first-order valence-electron chi connectivity index (χ1n) is 10.5. The number of halogens is 1. The van der Waals surface area contributed by atoms with E-state index in [-0.39, 0.29) is 17.9 Å². The Balaban J connectivity index is 1.73. The van der Waals surface area contributed by atoms with Crippen molar-refractivity contribution >= 4 is 35.1 Å². The minimum atomic E-state index is -0.437. The van der Waals surface area contributed by atoms with Gasteiger partial charge in [0.2, 0.25) is 5.91 Å². The second kappa shape index (κ2) is 9.89. The third kappa shape index (κ3) is 4.72. The number of nitrogens with one attached hydrogen (secondary N) is 1. The van der Waals surface area contributed by atoms with Crippen LogP contribution in [0.15, 0.2) is 52.4 Å². The lowest BCUT2D eigenvalue weighted by molar-refractivity contribution is -0.116. The zero-order valence-electron chi connectivity index (χ0n) is 18.6. The molecule has 0 saturated heterocycles. The number of nitrogens with zero attached hydrogens (tertiary/aromatic N) is 2. The summed E-state index contributed by atoms with van der Waals surface area (Å²) < 4.78 is 12.8. The number of benzene rings is 2. The number of fused-ring (bicyclic) bond motifs is 1. The van der Waals surface area contributed by atoms with E-state index in [1.165, 1.54) is 11.8 Å². The van der Waals surface area contributed by atoms with Crippen molar-refractivity contribution in [3.63, 3.8) is 0 Å². The van der Waals surface area contributed by atoms with E-state index < -0.39 is 5.92 Å². The highest BCUT2D eigenvalue weighted by Gasteiger charge is 2.32. The van der Waals surface area contributed by atoms with Gasteiger partial charge in [-0.15, -0.1) is 0 Å². The molecule has 0 bridgehead atoms. The number of aromatic nitrogens is 2. The maximum absolute atomic E-state index is 13.2. The van der Waals surface area contributed by atoms with Crippen LogP contribution in [0.3, 0.4) is 0 Å². The van der Waals surface area contributed by atoms with Crippen LogP contribution in [0.4, 0.5) is 5.82 Å². The third-order valence-electron chi connectivity index (χ3n) is 5.51. The van der Waals surface area contributed by atoms with Crippen LogP contribution in [0, 0.1) is 0 Å². The highest BCUT2D eigenvalue weighted by molar-refractivity contribution is 7.98. The molecule has 3 aromatic rings. The molecule has 0 radical (unpaired) electrons. The molecule has 1 unspecified atom stereocenters. The summed E-state index contributed by atoms with van der Waals surface area (Å²) in [5, 5.41) is 4.03. The first-order chi connectivity index (χ1) is 15.9. The van der Waals surface area contributed by atoms with E-state index in [4.69, 9.17) is 21.1 Å². The Labute approximate surface area is 201 Å². The van der Waals surface area contributed by atoms with Crippen LogP contribution < -0.4 is 20.3 Å². The number of thioether (sulfide) groups is 1. The van der Waals surface area contributed by atoms with Crippen molar-refractivity contribution in [1.82, 2.24) is 9.55 Å². The van der Waals surface area contributed by atoms with Gasteiger partial charge in [0.15, 0.2) is 16.7 Å². The predicted octanol–water partition coefficient (Wildman–Crippen LogP) is 4.61. The van der Waals surface area contributed by atoms with Crippen molar-refractivity contribution in [2.24, 2.45) is 7.05 Å². The Bertz CT molecular complexity index is 1260. The Morgan fingerprint density at radius 3 is 2.73 bits per heavy atom. The van der Waals surface area contributed by atoms with Crippen LogP contribution in [0.2, 0.25) is 5.02 Å². The summed E-state index contributed by atoms with van der Waals surface area (Å²) in [5.74, 6) is 1.58. The van der Waals surface area contributed by atoms with Gasteiger partial charge in [0.1, 0.15) is 5.82 Å². The molecule has 1 aliphatic heterocycles. The number of rotatable bonds is 7. The summed E-state index contributed by atoms with van der Waals surface area (Å²) in [6.45, 7) is 2.36. The van der Waals surface area contributed by atoms with Gasteiger partial charge in [-0.05, 0) is 36.2 Å². The van der Waals surface area contributed by atoms with E-state index in [9.17, 15) is 9.59 Å². The van der Waals surface area contributed by atoms with Crippen molar-refractivity contribution in [3.8, 4) is 11.5 Å². The number of ether oxygens (including phenoxy) is 2. The molecule has 0 aliphatic carbocycles. The number of amides is 1. The largest absolute Gasteiger partial charge is 0.493 e.